The van der Waals surface area contributed by atoms with Gasteiger partial charge in [-0.25, -0.2) is 20.0 Å². The summed E-state index contributed by atoms with van der Waals surface area (Å²) in [7, 11) is 0. The molecule has 5 heterocycles. The summed E-state index contributed by atoms with van der Waals surface area (Å²) in [5.41, 5.74) is 10.2. The second-order valence-corrected chi connectivity index (χ2v) is 16.7. The van der Waals surface area contributed by atoms with E-state index in [2.05, 4.69) is 127 Å². The topological polar surface area (TPSA) is 63.6 Å². The van der Waals surface area contributed by atoms with Gasteiger partial charge in [-0.2, -0.15) is 0 Å². The molecular formula is C51H30N4OS2. The van der Waals surface area contributed by atoms with Crippen molar-refractivity contribution < 1.29 is 4.42 Å². The average Bonchev–Trinajstić information content (AvgIpc) is 3.92. The lowest BCUT2D eigenvalue weighted by Gasteiger charge is -2.07. The molecule has 7 aromatic carbocycles. The van der Waals surface area contributed by atoms with Gasteiger partial charge in [0.25, 0.3) is 0 Å². The molecule has 5 nitrogen and oxygen atoms in total. The van der Waals surface area contributed by atoms with E-state index in [4.69, 9.17) is 24.4 Å². The van der Waals surface area contributed by atoms with Gasteiger partial charge in [-0.1, -0.05) is 127 Å². The molecule has 58 heavy (non-hydrogen) atoms. The molecule has 0 fully saturated rings. The van der Waals surface area contributed by atoms with Crippen molar-refractivity contribution in [1.82, 2.24) is 9.97 Å². The zero-order chi connectivity index (χ0) is 38.2. The Balaban J connectivity index is 0.964. The smallest absolute Gasteiger partial charge is 0.180 e. The van der Waals surface area contributed by atoms with Gasteiger partial charge in [-0.15, -0.1) is 22.7 Å². The SMILES string of the molecule is C1=C(c2cccc3sc4ccccc4c23)N=C(c2ccccc2)N=C(c2ccc3sc4cc(-c5nc(-c6ccccc6)c6oc7ccccc7c6n5)ccc4c3c2)C1. The maximum absolute atomic E-state index is 6.35. The number of hydrogen-bond donors (Lipinski definition) is 0. The van der Waals surface area contributed by atoms with Gasteiger partial charge in [0.15, 0.2) is 17.2 Å². The summed E-state index contributed by atoms with van der Waals surface area (Å²) >= 11 is 3.62. The maximum Gasteiger partial charge on any atom is 0.180 e. The Morgan fingerprint density at radius 2 is 1.21 bits per heavy atom. The van der Waals surface area contributed by atoms with Crippen molar-refractivity contribution in [3.63, 3.8) is 0 Å². The molecule has 1 aliphatic rings. The van der Waals surface area contributed by atoms with E-state index < -0.39 is 0 Å². The zero-order valence-electron chi connectivity index (χ0n) is 30.9. The predicted molar refractivity (Wildman–Crippen MR) is 245 cm³/mol. The molecule has 7 heteroatoms. The highest BCUT2D eigenvalue weighted by Gasteiger charge is 2.20. The number of fused-ring (bicyclic) bond motifs is 9. The van der Waals surface area contributed by atoms with Crippen molar-refractivity contribution in [2.75, 3.05) is 0 Å². The van der Waals surface area contributed by atoms with E-state index >= 15 is 0 Å². The van der Waals surface area contributed by atoms with Crippen LogP contribution >= 0.6 is 22.7 Å². The molecule has 0 amide bonds. The number of aliphatic imine (C=N–C) groups is 2. The van der Waals surface area contributed by atoms with Crippen LogP contribution in [-0.2, 0) is 0 Å². The number of furan rings is 1. The monoisotopic (exact) mass is 778 g/mol. The molecule has 0 N–H and O–H groups in total. The van der Waals surface area contributed by atoms with Gasteiger partial charge >= 0.3 is 0 Å². The van der Waals surface area contributed by atoms with Crippen LogP contribution in [0.4, 0.5) is 0 Å². The fourth-order valence-corrected chi connectivity index (χ4v) is 10.5. The largest absolute Gasteiger partial charge is 0.452 e. The summed E-state index contributed by atoms with van der Waals surface area (Å²) in [6.07, 6.45) is 2.90. The molecule has 11 aromatic rings. The number of aromatic nitrogens is 2. The fourth-order valence-electron chi connectivity index (χ4n) is 8.22. The Hall–Kier alpha value is -7.06. The number of thiophene rings is 2. The highest BCUT2D eigenvalue weighted by molar-refractivity contribution is 7.26. The van der Waals surface area contributed by atoms with Gasteiger partial charge in [0.05, 0.1) is 11.4 Å². The Morgan fingerprint density at radius 1 is 0.483 bits per heavy atom. The highest BCUT2D eigenvalue weighted by Crippen LogP contribution is 2.41. The number of nitrogens with zero attached hydrogens (tertiary/aromatic N) is 4. The number of para-hydroxylation sites is 1. The first-order valence-corrected chi connectivity index (χ1v) is 20.9. The van der Waals surface area contributed by atoms with Crippen LogP contribution in [0.3, 0.4) is 0 Å². The second-order valence-electron chi connectivity index (χ2n) is 14.5. The van der Waals surface area contributed by atoms with Gasteiger partial charge in [-0.3, -0.25) is 0 Å². The van der Waals surface area contributed by atoms with Crippen LogP contribution in [0, 0.1) is 0 Å². The minimum atomic E-state index is 0.650. The van der Waals surface area contributed by atoms with Crippen molar-refractivity contribution >= 4 is 102 Å². The molecule has 272 valence electrons. The van der Waals surface area contributed by atoms with Gasteiger partial charge in [0, 0.05) is 74.4 Å². The van der Waals surface area contributed by atoms with Crippen LogP contribution in [0.5, 0.6) is 0 Å². The number of hydrogen-bond acceptors (Lipinski definition) is 7. The van der Waals surface area contributed by atoms with Crippen LogP contribution in [0.2, 0.25) is 0 Å². The van der Waals surface area contributed by atoms with Crippen LogP contribution in [0.1, 0.15) is 23.1 Å². The summed E-state index contributed by atoms with van der Waals surface area (Å²) < 4.78 is 11.3. The minimum absolute atomic E-state index is 0.650. The average molecular weight is 779 g/mol. The molecule has 0 radical (unpaired) electrons. The van der Waals surface area contributed by atoms with E-state index in [-0.39, 0.29) is 0 Å². The van der Waals surface area contributed by atoms with Crippen molar-refractivity contribution in [1.29, 1.82) is 0 Å². The Bertz CT molecular complexity index is 3540. The standard InChI is InChI=1S/C51H30N4OS2/c1-3-12-30(13-4-1)47-49-48(36-16-7-9-19-41(36)56-49)55-51(54-47)33-22-24-34-38-28-32(23-27-43(38)58-45(34)29-33)39-25-26-40(53-50(52-39)31-14-5-2-6-15-31)35-18-11-21-44-46(35)37-17-8-10-20-42(37)57-44/h1-24,26-29H,25H2. The van der Waals surface area contributed by atoms with Crippen molar-refractivity contribution in [3.8, 4) is 22.6 Å². The number of benzene rings is 7. The van der Waals surface area contributed by atoms with E-state index in [0.29, 0.717) is 23.7 Å². The molecule has 0 saturated heterocycles. The molecular weight excluding hydrogens is 749 g/mol. The molecule has 0 atom stereocenters. The zero-order valence-corrected chi connectivity index (χ0v) is 32.5. The van der Waals surface area contributed by atoms with Gasteiger partial charge in [-0.05, 0) is 48.0 Å². The van der Waals surface area contributed by atoms with Crippen LogP contribution in [0.25, 0.3) is 90.8 Å². The lowest BCUT2D eigenvalue weighted by Crippen LogP contribution is -2.04. The highest BCUT2D eigenvalue weighted by atomic mass is 32.1. The molecule has 0 unspecified atom stereocenters. The van der Waals surface area contributed by atoms with Gasteiger partial charge < -0.3 is 4.42 Å². The lowest BCUT2D eigenvalue weighted by atomic mass is 10.0. The Kier molecular flexibility index (Phi) is 7.58. The summed E-state index contributed by atoms with van der Waals surface area (Å²) in [6.45, 7) is 0. The summed E-state index contributed by atoms with van der Waals surface area (Å²) in [6, 6.07) is 57.1. The normalized spacial score (nSPS) is 13.4. The minimum Gasteiger partial charge on any atom is -0.452 e. The molecule has 1 aliphatic heterocycles. The third kappa shape index (κ3) is 5.43. The quantitative estimate of drug-likeness (QED) is 0.175. The first kappa shape index (κ1) is 33.1. The van der Waals surface area contributed by atoms with E-state index in [1.165, 1.54) is 40.3 Å². The van der Waals surface area contributed by atoms with Crippen LogP contribution in [0.15, 0.2) is 184 Å². The van der Waals surface area contributed by atoms with E-state index in [0.717, 1.165) is 61.4 Å². The van der Waals surface area contributed by atoms with Crippen LogP contribution in [-0.4, -0.2) is 21.5 Å². The third-order valence-corrected chi connectivity index (χ3v) is 13.3. The molecule has 4 aromatic heterocycles. The Labute approximate surface area is 340 Å². The maximum atomic E-state index is 6.35. The number of amidine groups is 1. The summed E-state index contributed by atoms with van der Waals surface area (Å²) in [5.74, 6) is 1.39. The first-order chi connectivity index (χ1) is 28.7. The predicted octanol–water partition coefficient (Wildman–Crippen LogP) is 14.1. The Morgan fingerprint density at radius 3 is 2.09 bits per heavy atom. The number of allylic oxidation sites excluding steroid dienone is 1. The van der Waals surface area contributed by atoms with Gasteiger partial charge in [0.1, 0.15) is 16.8 Å². The fraction of sp³-hybridized carbons (Fsp3) is 0.0196. The van der Waals surface area contributed by atoms with Crippen LogP contribution < -0.4 is 0 Å². The lowest BCUT2D eigenvalue weighted by molar-refractivity contribution is 0.667. The molecule has 0 saturated carbocycles. The summed E-state index contributed by atoms with van der Waals surface area (Å²) in [5, 5.41) is 5.89. The number of rotatable bonds is 5. The third-order valence-electron chi connectivity index (χ3n) is 11.0. The van der Waals surface area contributed by atoms with E-state index in [1.54, 1.807) is 11.3 Å². The second kappa shape index (κ2) is 13.3. The van der Waals surface area contributed by atoms with E-state index in [1.807, 2.05) is 53.8 Å². The van der Waals surface area contributed by atoms with Crippen molar-refractivity contribution in [2.24, 2.45) is 9.98 Å². The first-order valence-electron chi connectivity index (χ1n) is 19.3. The molecule has 0 bridgehead atoms. The molecule has 0 aliphatic carbocycles. The van der Waals surface area contributed by atoms with Gasteiger partial charge in [0.2, 0.25) is 0 Å². The van der Waals surface area contributed by atoms with E-state index in [9.17, 15) is 0 Å². The summed E-state index contributed by atoms with van der Waals surface area (Å²) in [4.78, 5) is 20.9. The molecule has 0 spiro atoms. The van der Waals surface area contributed by atoms with Crippen molar-refractivity contribution in [2.45, 2.75) is 6.42 Å². The van der Waals surface area contributed by atoms with Crippen molar-refractivity contribution in [3.05, 3.63) is 187 Å². The molecule has 12 rings (SSSR count).